The smallest absolute Gasteiger partial charge is 0.0936 e. The zero-order valence-corrected chi connectivity index (χ0v) is 13.9. The summed E-state index contributed by atoms with van der Waals surface area (Å²) in [6.45, 7) is 2.33. The molecule has 3 atom stereocenters. The Labute approximate surface area is 127 Å². The fraction of sp³-hybridized carbons (Fsp3) is 0.600. The molecule has 0 aromatic heterocycles. The third-order valence-electron chi connectivity index (χ3n) is 3.64. The van der Waals surface area contributed by atoms with E-state index in [-0.39, 0.29) is 6.10 Å². The van der Waals surface area contributed by atoms with Crippen molar-refractivity contribution < 1.29 is 4.74 Å². The summed E-state index contributed by atoms with van der Waals surface area (Å²) in [4.78, 5) is 0. The van der Waals surface area contributed by atoms with Crippen molar-refractivity contribution in [2.24, 2.45) is 5.92 Å². The molecule has 3 unspecified atom stereocenters. The maximum absolute atomic E-state index is 6.30. The molecule has 1 aromatic rings. The minimum Gasteiger partial charge on any atom is -0.369 e. The molecule has 0 saturated heterocycles. The zero-order chi connectivity index (χ0) is 13.0. The SMILES string of the molecule is CC1CCCC(OC(CBr)c2ccccc2Br)C1. The maximum Gasteiger partial charge on any atom is 0.0936 e. The Hall–Kier alpha value is 0.140. The van der Waals surface area contributed by atoms with Crippen LogP contribution in [0.2, 0.25) is 0 Å². The quantitative estimate of drug-likeness (QED) is 0.633. The summed E-state index contributed by atoms with van der Waals surface area (Å²) in [7, 11) is 0. The fourth-order valence-corrected chi connectivity index (χ4v) is 3.70. The summed E-state index contributed by atoms with van der Waals surface area (Å²) in [6, 6.07) is 8.34. The monoisotopic (exact) mass is 374 g/mol. The van der Waals surface area contributed by atoms with Crippen molar-refractivity contribution in [3.63, 3.8) is 0 Å². The molecule has 0 spiro atoms. The molecule has 1 aliphatic rings. The third kappa shape index (κ3) is 3.82. The van der Waals surface area contributed by atoms with Crippen LogP contribution < -0.4 is 0 Å². The summed E-state index contributed by atoms with van der Waals surface area (Å²) in [5.41, 5.74) is 1.24. The highest BCUT2D eigenvalue weighted by molar-refractivity contribution is 9.10. The van der Waals surface area contributed by atoms with Crippen LogP contribution in [0.4, 0.5) is 0 Å². The van der Waals surface area contributed by atoms with Gasteiger partial charge in [0, 0.05) is 9.80 Å². The van der Waals surface area contributed by atoms with Gasteiger partial charge in [0.25, 0.3) is 0 Å². The van der Waals surface area contributed by atoms with E-state index in [0.29, 0.717) is 6.10 Å². The number of alkyl halides is 1. The molecular weight excluding hydrogens is 356 g/mol. The topological polar surface area (TPSA) is 9.23 Å². The Morgan fingerprint density at radius 1 is 1.33 bits per heavy atom. The van der Waals surface area contributed by atoms with Crippen LogP contribution in [0.25, 0.3) is 0 Å². The number of benzene rings is 1. The highest BCUT2D eigenvalue weighted by Gasteiger charge is 2.24. The highest BCUT2D eigenvalue weighted by atomic mass is 79.9. The van der Waals surface area contributed by atoms with Gasteiger partial charge in [-0.25, -0.2) is 0 Å². The molecule has 2 rings (SSSR count). The lowest BCUT2D eigenvalue weighted by molar-refractivity contribution is -0.0293. The van der Waals surface area contributed by atoms with Gasteiger partial charge in [0.1, 0.15) is 0 Å². The van der Waals surface area contributed by atoms with E-state index in [4.69, 9.17) is 4.74 Å². The standard InChI is InChI=1S/C15H20Br2O/c1-11-5-4-6-12(9-11)18-15(10-16)13-7-2-3-8-14(13)17/h2-3,7-8,11-12,15H,4-6,9-10H2,1H3. The predicted octanol–water partition coefficient (Wildman–Crippen LogP) is 5.48. The minimum absolute atomic E-state index is 0.149. The van der Waals surface area contributed by atoms with Crippen molar-refractivity contribution in [1.29, 1.82) is 0 Å². The third-order valence-corrected chi connectivity index (χ3v) is 4.95. The first-order chi connectivity index (χ1) is 8.70. The molecule has 0 amide bonds. The van der Waals surface area contributed by atoms with Gasteiger partial charge in [0.15, 0.2) is 0 Å². The molecule has 1 aliphatic carbocycles. The fourth-order valence-electron chi connectivity index (χ4n) is 2.66. The van der Waals surface area contributed by atoms with Crippen molar-refractivity contribution in [1.82, 2.24) is 0 Å². The van der Waals surface area contributed by atoms with Crippen LogP contribution in [0.15, 0.2) is 28.7 Å². The van der Waals surface area contributed by atoms with E-state index in [2.05, 4.69) is 57.0 Å². The predicted molar refractivity (Wildman–Crippen MR) is 83.2 cm³/mol. The Morgan fingerprint density at radius 3 is 2.78 bits per heavy atom. The molecule has 0 aliphatic heterocycles. The van der Waals surface area contributed by atoms with Crippen molar-refractivity contribution in [2.45, 2.75) is 44.8 Å². The van der Waals surface area contributed by atoms with Gasteiger partial charge >= 0.3 is 0 Å². The van der Waals surface area contributed by atoms with Crippen LogP contribution in [0.5, 0.6) is 0 Å². The van der Waals surface area contributed by atoms with Gasteiger partial charge in [0.05, 0.1) is 12.2 Å². The van der Waals surface area contributed by atoms with E-state index in [1.54, 1.807) is 0 Å². The molecule has 0 bridgehead atoms. The second kappa shape index (κ2) is 7.06. The lowest BCUT2D eigenvalue weighted by atomic mass is 9.88. The van der Waals surface area contributed by atoms with Crippen LogP contribution in [0, 0.1) is 5.92 Å². The van der Waals surface area contributed by atoms with Gasteiger partial charge in [-0.2, -0.15) is 0 Å². The minimum atomic E-state index is 0.149. The first kappa shape index (κ1) is 14.5. The molecule has 0 heterocycles. The van der Waals surface area contributed by atoms with Gasteiger partial charge in [-0.3, -0.25) is 0 Å². The van der Waals surface area contributed by atoms with Crippen LogP contribution in [0.3, 0.4) is 0 Å². The first-order valence-electron chi connectivity index (χ1n) is 6.66. The lowest BCUT2D eigenvalue weighted by Crippen LogP contribution is -2.24. The molecule has 1 nitrogen and oxygen atoms in total. The zero-order valence-electron chi connectivity index (χ0n) is 10.7. The molecule has 3 heteroatoms. The van der Waals surface area contributed by atoms with Gasteiger partial charge < -0.3 is 4.74 Å². The number of hydrogen-bond acceptors (Lipinski definition) is 1. The van der Waals surface area contributed by atoms with Crippen molar-refractivity contribution in [2.75, 3.05) is 5.33 Å². The molecule has 18 heavy (non-hydrogen) atoms. The molecule has 1 aromatic carbocycles. The summed E-state index contributed by atoms with van der Waals surface area (Å²) in [5, 5.41) is 0.848. The van der Waals surface area contributed by atoms with E-state index >= 15 is 0 Å². The molecule has 1 saturated carbocycles. The number of hydrogen-bond donors (Lipinski definition) is 0. The number of rotatable bonds is 4. The summed E-state index contributed by atoms with van der Waals surface area (Å²) < 4.78 is 7.44. The van der Waals surface area contributed by atoms with Crippen molar-refractivity contribution in [3.05, 3.63) is 34.3 Å². The lowest BCUT2D eigenvalue weighted by Gasteiger charge is -2.30. The molecule has 0 N–H and O–H groups in total. The van der Waals surface area contributed by atoms with Gasteiger partial charge in [0.2, 0.25) is 0 Å². The van der Waals surface area contributed by atoms with Crippen LogP contribution in [-0.4, -0.2) is 11.4 Å². The Morgan fingerprint density at radius 2 is 2.11 bits per heavy atom. The summed E-state index contributed by atoms with van der Waals surface area (Å²) in [5.74, 6) is 0.805. The van der Waals surface area contributed by atoms with Gasteiger partial charge in [-0.05, 0) is 30.4 Å². The van der Waals surface area contributed by atoms with E-state index < -0.39 is 0 Å². The Bertz CT molecular complexity index is 381. The highest BCUT2D eigenvalue weighted by Crippen LogP contribution is 2.33. The summed E-state index contributed by atoms with van der Waals surface area (Å²) >= 11 is 7.20. The van der Waals surface area contributed by atoms with Crippen LogP contribution in [-0.2, 0) is 4.74 Å². The molecule has 100 valence electrons. The van der Waals surface area contributed by atoms with Crippen LogP contribution >= 0.6 is 31.9 Å². The normalized spacial score (nSPS) is 25.9. The first-order valence-corrected chi connectivity index (χ1v) is 8.58. The van der Waals surface area contributed by atoms with E-state index in [0.717, 1.165) is 15.7 Å². The second-order valence-electron chi connectivity index (χ2n) is 5.19. The van der Waals surface area contributed by atoms with Crippen molar-refractivity contribution >= 4 is 31.9 Å². The van der Waals surface area contributed by atoms with E-state index in [1.165, 1.54) is 31.2 Å². The van der Waals surface area contributed by atoms with E-state index in [9.17, 15) is 0 Å². The van der Waals surface area contributed by atoms with Gasteiger partial charge in [-0.15, -0.1) is 0 Å². The Kier molecular flexibility index (Phi) is 5.71. The Balaban J connectivity index is 2.03. The maximum atomic E-state index is 6.30. The van der Waals surface area contributed by atoms with E-state index in [1.807, 2.05) is 6.07 Å². The van der Waals surface area contributed by atoms with Crippen molar-refractivity contribution in [3.8, 4) is 0 Å². The second-order valence-corrected chi connectivity index (χ2v) is 6.70. The van der Waals surface area contributed by atoms with Gasteiger partial charge in [-0.1, -0.05) is 69.8 Å². The molecule has 1 fully saturated rings. The number of halogens is 2. The molecular formula is C15H20Br2O. The number of ether oxygens (including phenoxy) is 1. The van der Waals surface area contributed by atoms with Crippen LogP contribution in [0.1, 0.15) is 44.3 Å². The average Bonchev–Trinajstić information content (AvgIpc) is 2.37. The largest absolute Gasteiger partial charge is 0.369 e. The average molecular weight is 376 g/mol. The summed E-state index contributed by atoms with van der Waals surface area (Å²) in [6.07, 6.45) is 5.64. The molecule has 0 radical (unpaired) electrons.